The van der Waals surface area contributed by atoms with Crippen molar-refractivity contribution in [3.63, 3.8) is 0 Å². The van der Waals surface area contributed by atoms with Crippen molar-refractivity contribution in [2.75, 3.05) is 0 Å². The lowest BCUT2D eigenvalue weighted by Crippen LogP contribution is -2.26. The van der Waals surface area contributed by atoms with E-state index in [0.717, 1.165) is 11.0 Å². The quantitative estimate of drug-likeness (QED) is 0.470. The van der Waals surface area contributed by atoms with Crippen molar-refractivity contribution in [1.29, 1.82) is 0 Å². The first kappa shape index (κ1) is 6.45. The Labute approximate surface area is 62.5 Å². The summed E-state index contributed by atoms with van der Waals surface area (Å²) in [6, 6.07) is 0. The topological polar surface area (TPSA) is 48.9 Å². The first-order valence-electron chi connectivity index (χ1n) is 3.58. The van der Waals surface area contributed by atoms with Crippen molar-refractivity contribution in [1.82, 2.24) is 13.9 Å². The summed E-state index contributed by atoms with van der Waals surface area (Å²) in [6.45, 7) is 1.35. The minimum Gasteiger partial charge on any atom is -0.246 e. The Morgan fingerprint density at radius 2 is 1.55 bits per heavy atom. The molecular weight excluding hydrogens is 146 g/mol. The summed E-state index contributed by atoms with van der Waals surface area (Å²) in [7, 11) is 1.50. The van der Waals surface area contributed by atoms with Crippen molar-refractivity contribution >= 4 is 0 Å². The van der Waals surface area contributed by atoms with Gasteiger partial charge in [0.1, 0.15) is 0 Å². The number of aromatic nitrogens is 3. The van der Waals surface area contributed by atoms with Crippen LogP contribution in [0.1, 0.15) is 6.42 Å². The molecule has 0 aromatic carbocycles. The molecule has 1 aliphatic rings. The Balaban J connectivity index is 2.89. The highest BCUT2D eigenvalue weighted by atomic mass is 16.2. The SMILES string of the molecule is Cn1c(=O)n2n(c1=O)CCC2. The second-order valence-corrected chi connectivity index (χ2v) is 2.72. The van der Waals surface area contributed by atoms with E-state index in [2.05, 4.69) is 0 Å². The highest BCUT2D eigenvalue weighted by Crippen LogP contribution is 1.97. The van der Waals surface area contributed by atoms with E-state index in [9.17, 15) is 9.59 Å². The van der Waals surface area contributed by atoms with E-state index in [4.69, 9.17) is 0 Å². The molecule has 0 saturated carbocycles. The average molecular weight is 155 g/mol. The molecule has 0 radical (unpaired) electrons. The maximum Gasteiger partial charge on any atom is 0.346 e. The van der Waals surface area contributed by atoms with Gasteiger partial charge in [0.2, 0.25) is 0 Å². The van der Waals surface area contributed by atoms with E-state index in [0.29, 0.717) is 13.1 Å². The minimum absolute atomic E-state index is 0.201. The summed E-state index contributed by atoms with van der Waals surface area (Å²) in [5, 5.41) is 0. The molecule has 5 heteroatoms. The maximum atomic E-state index is 11.2. The summed E-state index contributed by atoms with van der Waals surface area (Å²) in [5.41, 5.74) is -0.403. The van der Waals surface area contributed by atoms with Crippen molar-refractivity contribution in [2.24, 2.45) is 7.05 Å². The molecule has 0 atom stereocenters. The Morgan fingerprint density at radius 3 is 2.00 bits per heavy atom. The number of nitrogens with zero attached hydrogens (tertiary/aromatic N) is 3. The monoisotopic (exact) mass is 155 g/mol. The molecule has 0 bridgehead atoms. The van der Waals surface area contributed by atoms with E-state index in [-0.39, 0.29) is 11.4 Å². The average Bonchev–Trinajstić information content (AvgIpc) is 2.53. The van der Waals surface area contributed by atoms with Crippen LogP contribution in [0.4, 0.5) is 0 Å². The van der Waals surface area contributed by atoms with Crippen LogP contribution in [-0.2, 0) is 20.1 Å². The molecule has 5 nitrogen and oxygen atoms in total. The van der Waals surface area contributed by atoms with Crippen LogP contribution in [-0.4, -0.2) is 13.9 Å². The number of fused-ring (bicyclic) bond motifs is 1. The molecule has 2 rings (SSSR count). The van der Waals surface area contributed by atoms with Gasteiger partial charge in [-0.25, -0.2) is 23.5 Å². The van der Waals surface area contributed by atoms with E-state index in [1.807, 2.05) is 0 Å². The van der Waals surface area contributed by atoms with Crippen LogP contribution in [0.25, 0.3) is 0 Å². The molecule has 0 fully saturated rings. The van der Waals surface area contributed by atoms with Gasteiger partial charge in [-0.05, 0) is 6.42 Å². The predicted molar refractivity (Wildman–Crippen MR) is 38.6 cm³/mol. The molecule has 1 aromatic rings. The Hall–Kier alpha value is -1.26. The van der Waals surface area contributed by atoms with E-state index in [1.54, 1.807) is 0 Å². The van der Waals surface area contributed by atoms with Crippen molar-refractivity contribution in [3.05, 3.63) is 21.0 Å². The zero-order chi connectivity index (χ0) is 8.01. The van der Waals surface area contributed by atoms with Gasteiger partial charge in [-0.2, -0.15) is 0 Å². The normalized spacial score (nSPS) is 15.4. The highest BCUT2D eigenvalue weighted by molar-refractivity contribution is 4.75. The third-order valence-corrected chi connectivity index (χ3v) is 2.05. The number of rotatable bonds is 0. The lowest BCUT2D eigenvalue weighted by Gasteiger charge is -1.90. The zero-order valence-electron chi connectivity index (χ0n) is 6.28. The fraction of sp³-hybridized carbons (Fsp3) is 0.667. The van der Waals surface area contributed by atoms with Gasteiger partial charge in [0.15, 0.2) is 0 Å². The van der Waals surface area contributed by atoms with E-state index >= 15 is 0 Å². The largest absolute Gasteiger partial charge is 0.346 e. The Kier molecular flexibility index (Phi) is 1.10. The predicted octanol–water partition coefficient (Wildman–Crippen LogP) is -1.25. The second kappa shape index (κ2) is 1.87. The summed E-state index contributed by atoms with van der Waals surface area (Å²) >= 11 is 0. The third-order valence-electron chi connectivity index (χ3n) is 2.05. The maximum absolute atomic E-state index is 11.2. The Bertz CT molecular complexity index is 359. The molecule has 0 aliphatic carbocycles. The molecule has 1 aromatic heterocycles. The fourth-order valence-electron chi connectivity index (χ4n) is 1.44. The summed E-state index contributed by atoms with van der Waals surface area (Å²) in [4.78, 5) is 22.4. The van der Waals surface area contributed by atoms with Gasteiger partial charge in [0.25, 0.3) is 0 Å². The van der Waals surface area contributed by atoms with Crippen LogP contribution in [0.3, 0.4) is 0 Å². The molecule has 0 amide bonds. The molecule has 0 N–H and O–H groups in total. The van der Waals surface area contributed by atoms with Gasteiger partial charge in [-0.3, -0.25) is 0 Å². The summed E-state index contributed by atoms with van der Waals surface area (Å²) in [5.74, 6) is 0. The highest BCUT2D eigenvalue weighted by Gasteiger charge is 2.16. The van der Waals surface area contributed by atoms with Crippen LogP contribution in [0, 0.1) is 0 Å². The van der Waals surface area contributed by atoms with Crippen LogP contribution in [0.5, 0.6) is 0 Å². The minimum atomic E-state index is -0.201. The van der Waals surface area contributed by atoms with Gasteiger partial charge < -0.3 is 0 Å². The number of hydrogen-bond donors (Lipinski definition) is 0. The van der Waals surface area contributed by atoms with Gasteiger partial charge >= 0.3 is 11.4 Å². The first-order chi connectivity index (χ1) is 5.22. The molecule has 11 heavy (non-hydrogen) atoms. The standard InChI is InChI=1S/C6H9N3O2/c1-7-5(10)8-3-2-4-9(8)6(7)11/h2-4H2,1H3. The van der Waals surface area contributed by atoms with E-state index in [1.165, 1.54) is 16.4 Å². The fourth-order valence-corrected chi connectivity index (χ4v) is 1.44. The van der Waals surface area contributed by atoms with Crippen LogP contribution < -0.4 is 11.4 Å². The summed E-state index contributed by atoms with van der Waals surface area (Å²) < 4.78 is 4.11. The lowest BCUT2D eigenvalue weighted by atomic mass is 10.5. The van der Waals surface area contributed by atoms with Gasteiger partial charge in [-0.1, -0.05) is 0 Å². The van der Waals surface area contributed by atoms with Crippen LogP contribution in [0.15, 0.2) is 9.59 Å². The molecule has 2 heterocycles. The van der Waals surface area contributed by atoms with Crippen LogP contribution >= 0.6 is 0 Å². The molecule has 60 valence electrons. The first-order valence-corrected chi connectivity index (χ1v) is 3.58. The molecule has 0 saturated heterocycles. The van der Waals surface area contributed by atoms with Gasteiger partial charge in [0, 0.05) is 20.1 Å². The van der Waals surface area contributed by atoms with Gasteiger partial charge in [0.05, 0.1) is 0 Å². The molecule has 1 aliphatic heterocycles. The zero-order valence-corrected chi connectivity index (χ0v) is 6.28. The number of hydrogen-bond acceptors (Lipinski definition) is 2. The molecule has 0 unspecified atom stereocenters. The smallest absolute Gasteiger partial charge is 0.246 e. The second-order valence-electron chi connectivity index (χ2n) is 2.72. The molecular formula is C6H9N3O2. The lowest BCUT2D eigenvalue weighted by molar-refractivity contribution is 0.580. The van der Waals surface area contributed by atoms with Gasteiger partial charge in [-0.15, -0.1) is 0 Å². The third kappa shape index (κ3) is 0.649. The van der Waals surface area contributed by atoms with Crippen molar-refractivity contribution in [2.45, 2.75) is 19.5 Å². The molecule has 0 spiro atoms. The van der Waals surface area contributed by atoms with E-state index < -0.39 is 0 Å². The van der Waals surface area contributed by atoms with Crippen LogP contribution in [0.2, 0.25) is 0 Å². The van der Waals surface area contributed by atoms with Crippen molar-refractivity contribution in [3.8, 4) is 0 Å². The van der Waals surface area contributed by atoms with Crippen molar-refractivity contribution < 1.29 is 0 Å². The Morgan fingerprint density at radius 1 is 1.09 bits per heavy atom. The summed E-state index contributed by atoms with van der Waals surface area (Å²) in [6.07, 6.45) is 0.894.